The number of Topliss-reactive ketones (excluding diaryl/α,β-unsaturated/α-hetero) is 2. The number of carbonyl (C=O) groups excluding carboxylic acids is 3. The van der Waals surface area contributed by atoms with Gasteiger partial charge in [0.1, 0.15) is 23.3 Å². The van der Waals surface area contributed by atoms with Crippen LogP contribution < -0.4 is 10.1 Å². The van der Waals surface area contributed by atoms with Crippen molar-refractivity contribution in [3.63, 3.8) is 0 Å². The summed E-state index contributed by atoms with van der Waals surface area (Å²) >= 11 is 1.32. The summed E-state index contributed by atoms with van der Waals surface area (Å²) in [6.45, 7) is -0.115. The van der Waals surface area contributed by atoms with Gasteiger partial charge in [-0.1, -0.05) is 48.5 Å². The fraction of sp³-hybridized carbons (Fsp3) is 0.152. The summed E-state index contributed by atoms with van der Waals surface area (Å²) in [7, 11) is 0. The first-order chi connectivity index (χ1) is 20.1. The Bertz CT molecular complexity index is 1770. The Balaban J connectivity index is 1.48. The van der Waals surface area contributed by atoms with Crippen LogP contribution >= 0.6 is 11.3 Å². The van der Waals surface area contributed by atoms with Crippen molar-refractivity contribution < 1.29 is 19.1 Å². The van der Waals surface area contributed by atoms with Crippen LogP contribution in [-0.2, 0) is 10.2 Å². The average molecular weight is 558 g/mol. The molecule has 1 aromatic heterocycles. The van der Waals surface area contributed by atoms with Crippen LogP contribution in [0.5, 0.6) is 5.75 Å². The van der Waals surface area contributed by atoms with E-state index in [-0.39, 0.29) is 24.1 Å². The quantitative estimate of drug-likeness (QED) is 0.309. The van der Waals surface area contributed by atoms with E-state index in [1.807, 2.05) is 83.2 Å². The summed E-state index contributed by atoms with van der Waals surface area (Å²) in [5, 5.41) is 13.8. The van der Waals surface area contributed by atoms with E-state index in [2.05, 4.69) is 5.32 Å². The largest absolute Gasteiger partial charge is 0.479 e. The van der Waals surface area contributed by atoms with Gasteiger partial charge in [0.25, 0.3) is 0 Å². The molecule has 1 fully saturated rings. The number of nitriles is 1. The molecule has 0 aliphatic carbocycles. The van der Waals surface area contributed by atoms with E-state index in [0.29, 0.717) is 27.4 Å². The van der Waals surface area contributed by atoms with Crippen molar-refractivity contribution in [2.75, 3.05) is 11.9 Å². The summed E-state index contributed by atoms with van der Waals surface area (Å²) in [4.78, 5) is 46.0. The van der Waals surface area contributed by atoms with E-state index in [1.54, 1.807) is 30.3 Å². The summed E-state index contributed by atoms with van der Waals surface area (Å²) in [5.41, 5.74) is 2.17. The van der Waals surface area contributed by atoms with Gasteiger partial charge in [-0.05, 0) is 64.5 Å². The summed E-state index contributed by atoms with van der Waals surface area (Å²) in [6, 6.07) is 25.8. The molecule has 1 spiro atoms. The lowest BCUT2D eigenvalue weighted by Gasteiger charge is -2.38. The molecule has 0 bridgehead atoms. The predicted octanol–water partition coefficient (Wildman–Crippen LogP) is 5.63. The molecule has 0 unspecified atom stereocenters. The molecule has 200 valence electrons. The molecule has 8 heteroatoms. The van der Waals surface area contributed by atoms with Crippen molar-refractivity contribution in [1.82, 2.24) is 4.90 Å². The Kier molecular flexibility index (Phi) is 5.84. The van der Waals surface area contributed by atoms with Crippen LogP contribution in [0.2, 0.25) is 0 Å². The van der Waals surface area contributed by atoms with Gasteiger partial charge in [-0.3, -0.25) is 14.4 Å². The van der Waals surface area contributed by atoms with Crippen LogP contribution in [0, 0.1) is 17.2 Å². The van der Waals surface area contributed by atoms with Gasteiger partial charge in [-0.15, -0.1) is 11.3 Å². The molecular weight excluding hydrogens is 534 g/mol. The van der Waals surface area contributed by atoms with Gasteiger partial charge in [0.2, 0.25) is 5.91 Å². The highest BCUT2D eigenvalue weighted by atomic mass is 32.1. The van der Waals surface area contributed by atoms with Crippen LogP contribution in [-0.4, -0.2) is 35.0 Å². The second kappa shape index (κ2) is 9.58. The maximum absolute atomic E-state index is 14.8. The molecule has 7 rings (SSSR count). The van der Waals surface area contributed by atoms with Gasteiger partial charge >= 0.3 is 0 Å². The number of fused-ring (bicyclic) bond motifs is 6. The van der Waals surface area contributed by atoms with Crippen LogP contribution in [0.1, 0.15) is 42.8 Å². The van der Waals surface area contributed by atoms with E-state index in [1.165, 1.54) is 11.3 Å². The highest BCUT2D eigenvalue weighted by Gasteiger charge is 2.70. The molecule has 3 aliphatic rings. The van der Waals surface area contributed by atoms with Crippen LogP contribution in [0.3, 0.4) is 0 Å². The summed E-state index contributed by atoms with van der Waals surface area (Å²) < 4.78 is 5.39. The number of ether oxygens (including phenoxy) is 1. The minimum Gasteiger partial charge on any atom is -0.479 e. The van der Waals surface area contributed by atoms with Crippen molar-refractivity contribution >= 4 is 40.6 Å². The molecule has 3 aromatic carbocycles. The summed E-state index contributed by atoms with van der Waals surface area (Å²) in [5.74, 6) is -1.39. The molecule has 4 atom stereocenters. The second-order valence-corrected chi connectivity index (χ2v) is 11.2. The lowest BCUT2D eigenvalue weighted by atomic mass is 9.63. The molecule has 1 amide bonds. The number of ketones is 2. The Morgan fingerprint density at radius 3 is 2.54 bits per heavy atom. The average Bonchev–Trinajstić information content (AvgIpc) is 3.72. The van der Waals surface area contributed by atoms with Gasteiger partial charge in [-0.25, -0.2) is 0 Å². The van der Waals surface area contributed by atoms with E-state index >= 15 is 0 Å². The number of rotatable bonds is 6. The number of hydrogen-bond acceptors (Lipinski definition) is 7. The number of nitrogens with zero attached hydrogens (tertiary/aromatic N) is 2. The standard InChI is InChI=1S/C33H23N3O4S/c34-16-18-40-22-13-11-21(12-14-22)29(37)27-28(30(38)26-10-5-19-41-26)36-17-15-20-6-1-2-7-23(20)31(36)33(27)24-8-3-4-9-25(24)35-32(33)39/h1-15,17,19,27-28,31H,18H2,(H,35,39)/t27-,28+,31-,33+/m0/s1. The van der Waals surface area contributed by atoms with Crippen molar-refractivity contribution in [1.29, 1.82) is 5.26 Å². The third-order valence-corrected chi connectivity index (χ3v) is 9.21. The van der Waals surface area contributed by atoms with E-state index < -0.39 is 23.4 Å². The lowest BCUT2D eigenvalue weighted by molar-refractivity contribution is -0.122. The number of para-hydroxylation sites is 1. The number of hydrogen-bond donors (Lipinski definition) is 1. The molecule has 0 saturated carbocycles. The molecule has 4 aromatic rings. The lowest BCUT2D eigenvalue weighted by Crippen LogP contribution is -2.49. The number of benzene rings is 3. The number of nitrogens with one attached hydrogen (secondary N) is 1. The first-order valence-electron chi connectivity index (χ1n) is 13.2. The first-order valence-corrected chi connectivity index (χ1v) is 14.1. The van der Waals surface area contributed by atoms with E-state index in [4.69, 9.17) is 10.00 Å². The van der Waals surface area contributed by atoms with Gasteiger partial charge in [0.15, 0.2) is 18.2 Å². The third-order valence-electron chi connectivity index (χ3n) is 8.33. The molecule has 41 heavy (non-hydrogen) atoms. The molecule has 7 nitrogen and oxygen atoms in total. The first kappa shape index (κ1) is 25.0. The molecule has 0 radical (unpaired) electrons. The molecule has 1 saturated heterocycles. The highest BCUT2D eigenvalue weighted by molar-refractivity contribution is 7.12. The van der Waals surface area contributed by atoms with E-state index in [0.717, 1.165) is 11.1 Å². The second-order valence-electron chi connectivity index (χ2n) is 10.3. The third kappa shape index (κ3) is 3.59. The topological polar surface area (TPSA) is 99.5 Å². The predicted molar refractivity (Wildman–Crippen MR) is 155 cm³/mol. The van der Waals surface area contributed by atoms with Gasteiger partial charge < -0.3 is 15.0 Å². The maximum Gasteiger partial charge on any atom is 0.238 e. The van der Waals surface area contributed by atoms with Gasteiger partial charge in [-0.2, -0.15) is 5.26 Å². The fourth-order valence-electron chi connectivity index (χ4n) is 6.74. The van der Waals surface area contributed by atoms with Crippen molar-refractivity contribution in [2.45, 2.75) is 17.5 Å². The Morgan fingerprint density at radius 2 is 1.76 bits per heavy atom. The minimum absolute atomic E-state index is 0.115. The molecule has 3 aliphatic heterocycles. The number of carbonyl (C=O) groups is 3. The van der Waals surface area contributed by atoms with Crippen LogP contribution in [0.25, 0.3) is 6.08 Å². The molecule has 4 heterocycles. The fourth-order valence-corrected chi connectivity index (χ4v) is 7.44. The van der Waals surface area contributed by atoms with Crippen molar-refractivity contribution in [3.05, 3.63) is 124 Å². The van der Waals surface area contributed by atoms with Crippen LogP contribution in [0.15, 0.2) is 96.5 Å². The van der Waals surface area contributed by atoms with Crippen molar-refractivity contribution in [2.24, 2.45) is 5.92 Å². The normalized spacial score (nSPS) is 23.3. The van der Waals surface area contributed by atoms with Crippen molar-refractivity contribution in [3.8, 4) is 11.8 Å². The zero-order valence-corrected chi connectivity index (χ0v) is 22.5. The minimum atomic E-state index is -1.37. The summed E-state index contributed by atoms with van der Waals surface area (Å²) in [6.07, 6.45) is 3.81. The number of amides is 1. The monoisotopic (exact) mass is 557 g/mol. The molecule has 1 N–H and O–H groups in total. The maximum atomic E-state index is 14.8. The van der Waals surface area contributed by atoms with Gasteiger partial charge in [0, 0.05) is 17.5 Å². The SMILES string of the molecule is N#CCOc1ccc(C(=O)[C@@H]2[C@H](C(=O)c3cccs3)N3C=Cc4ccccc4[C@H]3[C@]23C(=O)Nc2ccccc23)cc1. The zero-order chi connectivity index (χ0) is 28.1. The van der Waals surface area contributed by atoms with Crippen LogP contribution in [0.4, 0.5) is 5.69 Å². The Labute approximate surface area is 240 Å². The number of anilines is 1. The Morgan fingerprint density at radius 1 is 0.976 bits per heavy atom. The Hall–Kier alpha value is -5.00. The zero-order valence-electron chi connectivity index (χ0n) is 21.7. The highest BCUT2D eigenvalue weighted by Crippen LogP contribution is 2.62. The smallest absolute Gasteiger partial charge is 0.238 e. The van der Waals surface area contributed by atoms with Gasteiger partial charge in [0.05, 0.1) is 16.8 Å². The van der Waals surface area contributed by atoms with E-state index in [9.17, 15) is 14.4 Å². The number of thiophene rings is 1. The molecular formula is C33H23N3O4S.